The fourth-order valence-corrected chi connectivity index (χ4v) is 2.19. The van der Waals surface area contributed by atoms with Crippen LogP contribution in [0.5, 0.6) is 11.5 Å². The van der Waals surface area contributed by atoms with Crippen LogP contribution in [0.2, 0.25) is 5.02 Å². The molecule has 134 valence electrons. The van der Waals surface area contributed by atoms with Gasteiger partial charge in [-0.15, -0.1) is 0 Å². The number of fused-ring (bicyclic) bond motifs is 1. The molecule has 3 amide bonds. The summed E-state index contributed by atoms with van der Waals surface area (Å²) in [4.78, 5) is 33.9. The number of ether oxygens (including phenoxy) is 3. The van der Waals surface area contributed by atoms with Crippen molar-refractivity contribution in [2.24, 2.45) is 0 Å². The number of hydrogen-bond donors (Lipinski definition) is 2. The topological polar surface area (TPSA) is 103 Å². The number of hydrogen-bond acceptors (Lipinski definition) is 6. The predicted octanol–water partition coefficient (Wildman–Crippen LogP) is 1.51. The second-order valence-electron chi connectivity index (χ2n) is 4.95. The van der Waals surface area contributed by atoms with E-state index in [2.05, 4.69) is 5.32 Å². The first-order valence-electron chi connectivity index (χ1n) is 7.45. The standard InChI is InChI=1S/C16H17ClN2O6/c1-18-16(22)19-13(20)9-25-14(21)4-3-10-7-11(17)15-12(8-10)23-5-2-6-24-15/h3-4,7-8H,2,5-6,9H2,1H3,(H2,18,19,20,22)/b4-3+. The van der Waals surface area contributed by atoms with Gasteiger partial charge in [-0.1, -0.05) is 11.6 Å². The molecular formula is C16H17ClN2O6. The van der Waals surface area contributed by atoms with Crippen LogP contribution in [0.4, 0.5) is 4.79 Å². The van der Waals surface area contributed by atoms with E-state index in [1.54, 1.807) is 12.1 Å². The molecule has 0 unspecified atom stereocenters. The number of benzene rings is 1. The van der Waals surface area contributed by atoms with Gasteiger partial charge in [-0.3, -0.25) is 10.1 Å². The minimum atomic E-state index is -0.740. The van der Waals surface area contributed by atoms with Crippen molar-refractivity contribution in [3.63, 3.8) is 0 Å². The number of amides is 3. The Balaban J connectivity index is 1.94. The Kier molecular flexibility index (Phi) is 6.64. The summed E-state index contributed by atoms with van der Waals surface area (Å²) in [7, 11) is 1.36. The molecule has 1 aliphatic heterocycles. The van der Waals surface area contributed by atoms with Gasteiger partial charge in [-0.25, -0.2) is 9.59 Å². The highest BCUT2D eigenvalue weighted by molar-refractivity contribution is 6.32. The van der Waals surface area contributed by atoms with Crippen LogP contribution in [-0.2, 0) is 14.3 Å². The highest BCUT2D eigenvalue weighted by atomic mass is 35.5. The van der Waals surface area contributed by atoms with E-state index in [0.29, 0.717) is 35.3 Å². The van der Waals surface area contributed by atoms with Crippen molar-refractivity contribution in [2.75, 3.05) is 26.9 Å². The molecule has 8 nitrogen and oxygen atoms in total. The van der Waals surface area contributed by atoms with Gasteiger partial charge in [0.2, 0.25) is 0 Å². The van der Waals surface area contributed by atoms with Crippen molar-refractivity contribution in [1.29, 1.82) is 0 Å². The molecular weight excluding hydrogens is 352 g/mol. The minimum absolute atomic E-state index is 0.373. The van der Waals surface area contributed by atoms with Crippen molar-refractivity contribution < 1.29 is 28.6 Å². The van der Waals surface area contributed by atoms with Gasteiger partial charge in [-0.2, -0.15) is 0 Å². The largest absolute Gasteiger partial charge is 0.489 e. The predicted molar refractivity (Wildman–Crippen MR) is 89.7 cm³/mol. The van der Waals surface area contributed by atoms with Crippen molar-refractivity contribution >= 4 is 35.6 Å². The lowest BCUT2D eigenvalue weighted by Gasteiger charge is -2.09. The lowest BCUT2D eigenvalue weighted by molar-refractivity contribution is -0.143. The molecule has 0 radical (unpaired) electrons. The fourth-order valence-electron chi connectivity index (χ4n) is 1.92. The number of esters is 1. The maximum absolute atomic E-state index is 11.6. The number of urea groups is 1. The lowest BCUT2D eigenvalue weighted by atomic mass is 10.2. The van der Waals surface area contributed by atoms with Crippen LogP contribution in [0, 0.1) is 0 Å². The maximum atomic E-state index is 11.6. The maximum Gasteiger partial charge on any atom is 0.331 e. The second kappa shape index (κ2) is 8.93. The van der Waals surface area contributed by atoms with Gasteiger partial charge < -0.3 is 19.5 Å². The minimum Gasteiger partial charge on any atom is -0.489 e. The zero-order valence-corrected chi connectivity index (χ0v) is 14.2. The van der Waals surface area contributed by atoms with Gasteiger partial charge in [0.05, 0.1) is 18.2 Å². The highest BCUT2D eigenvalue weighted by Gasteiger charge is 2.15. The first-order chi connectivity index (χ1) is 12.0. The Morgan fingerprint density at radius 1 is 1.28 bits per heavy atom. The molecule has 1 aromatic rings. The molecule has 9 heteroatoms. The number of rotatable bonds is 4. The van der Waals surface area contributed by atoms with Crippen molar-refractivity contribution in [1.82, 2.24) is 10.6 Å². The molecule has 0 fully saturated rings. The Hall–Kier alpha value is -2.74. The summed E-state index contributed by atoms with van der Waals surface area (Å²) in [6.07, 6.45) is 3.36. The van der Waals surface area contributed by atoms with Crippen molar-refractivity contribution in [3.05, 3.63) is 28.8 Å². The molecule has 1 aliphatic rings. The Labute approximate surface area is 149 Å². The summed E-state index contributed by atoms with van der Waals surface area (Å²) in [6.45, 7) is 0.462. The Morgan fingerprint density at radius 3 is 2.80 bits per heavy atom. The highest BCUT2D eigenvalue weighted by Crippen LogP contribution is 2.38. The number of carbonyl (C=O) groups excluding carboxylic acids is 3. The molecule has 0 saturated carbocycles. The van der Waals surface area contributed by atoms with E-state index < -0.39 is 24.5 Å². The quantitative estimate of drug-likeness (QED) is 0.617. The molecule has 2 rings (SSSR count). The molecule has 25 heavy (non-hydrogen) atoms. The van der Waals surface area contributed by atoms with Crippen LogP contribution in [0.15, 0.2) is 18.2 Å². The molecule has 0 aromatic heterocycles. The van der Waals surface area contributed by atoms with Crippen molar-refractivity contribution in [2.45, 2.75) is 6.42 Å². The van der Waals surface area contributed by atoms with Gasteiger partial charge in [0.1, 0.15) is 0 Å². The van der Waals surface area contributed by atoms with Crippen LogP contribution in [0.1, 0.15) is 12.0 Å². The third-order valence-electron chi connectivity index (χ3n) is 3.06. The van der Waals surface area contributed by atoms with Crippen LogP contribution in [0.3, 0.4) is 0 Å². The van der Waals surface area contributed by atoms with E-state index in [4.69, 9.17) is 25.8 Å². The average Bonchev–Trinajstić information content (AvgIpc) is 2.83. The summed E-state index contributed by atoms with van der Waals surface area (Å²) in [5.41, 5.74) is 0.612. The summed E-state index contributed by atoms with van der Waals surface area (Å²) in [5.74, 6) is -0.497. The molecule has 0 spiro atoms. The van der Waals surface area contributed by atoms with E-state index in [1.807, 2.05) is 5.32 Å². The van der Waals surface area contributed by atoms with Gasteiger partial charge in [0.15, 0.2) is 18.1 Å². The summed E-state index contributed by atoms with van der Waals surface area (Å²) in [5, 5.41) is 4.55. The summed E-state index contributed by atoms with van der Waals surface area (Å²) < 4.78 is 15.8. The van der Waals surface area contributed by atoms with Crippen LogP contribution in [-0.4, -0.2) is 44.8 Å². The van der Waals surface area contributed by atoms with Crippen LogP contribution >= 0.6 is 11.6 Å². The molecule has 0 bridgehead atoms. The smallest absolute Gasteiger partial charge is 0.331 e. The molecule has 0 aliphatic carbocycles. The zero-order valence-electron chi connectivity index (χ0n) is 13.5. The van der Waals surface area contributed by atoms with Gasteiger partial charge in [0, 0.05) is 19.5 Å². The van der Waals surface area contributed by atoms with E-state index in [0.717, 1.165) is 12.5 Å². The molecule has 0 saturated heterocycles. The number of halogens is 1. The SMILES string of the molecule is CNC(=O)NC(=O)COC(=O)/C=C/c1cc(Cl)c2c(c1)OCCCO2. The van der Waals surface area contributed by atoms with Gasteiger partial charge >= 0.3 is 12.0 Å². The monoisotopic (exact) mass is 368 g/mol. The normalized spacial score (nSPS) is 13.0. The van der Waals surface area contributed by atoms with Crippen LogP contribution in [0.25, 0.3) is 6.08 Å². The van der Waals surface area contributed by atoms with Gasteiger partial charge in [0.25, 0.3) is 5.91 Å². The third-order valence-corrected chi connectivity index (χ3v) is 3.34. The summed E-state index contributed by atoms with van der Waals surface area (Å²) >= 11 is 6.15. The Bertz CT molecular complexity index is 704. The lowest BCUT2D eigenvalue weighted by Crippen LogP contribution is -2.39. The first-order valence-corrected chi connectivity index (χ1v) is 7.83. The summed E-state index contributed by atoms with van der Waals surface area (Å²) in [6, 6.07) is 2.63. The van der Waals surface area contributed by atoms with E-state index >= 15 is 0 Å². The molecule has 2 N–H and O–H groups in total. The molecule has 1 aromatic carbocycles. The van der Waals surface area contributed by atoms with E-state index in [1.165, 1.54) is 13.1 Å². The van der Waals surface area contributed by atoms with Gasteiger partial charge in [-0.05, 0) is 23.8 Å². The third kappa shape index (κ3) is 5.68. The first kappa shape index (κ1) is 18.6. The molecule has 1 heterocycles. The van der Waals surface area contributed by atoms with E-state index in [9.17, 15) is 14.4 Å². The zero-order chi connectivity index (χ0) is 18.2. The number of imide groups is 1. The number of nitrogens with one attached hydrogen (secondary N) is 2. The second-order valence-corrected chi connectivity index (χ2v) is 5.36. The van der Waals surface area contributed by atoms with Crippen molar-refractivity contribution in [3.8, 4) is 11.5 Å². The average molecular weight is 369 g/mol. The van der Waals surface area contributed by atoms with E-state index in [-0.39, 0.29) is 0 Å². The fraction of sp³-hybridized carbons (Fsp3) is 0.312. The Morgan fingerprint density at radius 2 is 2.04 bits per heavy atom. The van der Waals surface area contributed by atoms with Crippen LogP contribution < -0.4 is 20.1 Å². The molecule has 0 atom stereocenters. The number of carbonyl (C=O) groups is 3.